The van der Waals surface area contributed by atoms with Gasteiger partial charge in [-0.2, -0.15) is 0 Å². The number of carbonyl (C=O) groups excluding carboxylic acids is 2. The van der Waals surface area contributed by atoms with E-state index < -0.39 is 5.97 Å². The first-order valence-electron chi connectivity index (χ1n) is 10.9. The fourth-order valence-electron chi connectivity index (χ4n) is 3.87. The maximum Gasteiger partial charge on any atom is 0.341 e. The number of ether oxygens (including phenoxy) is 1. The molecule has 1 N–H and O–H groups in total. The summed E-state index contributed by atoms with van der Waals surface area (Å²) < 4.78 is 18.4. The SMILES string of the molecule is CCOC(=O)c1c(-c2ccccc2)csc1NC(=O)CN1CCN(c2ccc(F)cc2)CC1. The minimum absolute atomic E-state index is 0.169. The van der Waals surface area contributed by atoms with Crippen LogP contribution < -0.4 is 10.2 Å². The van der Waals surface area contributed by atoms with Crippen LogP contribution in [0.25, 0.3) is 11.1 Å². The molecule has 172 valence electrons. The van der Waals surface area contributed by atoms with Crippen molar-refractivity contribution in [1.82, 2.24) is 4.90 Å². The van der Waals surface area contributed by atoms with Gasteiger partial charge >= 0.3 is 5.97 Å². The largest absolute Gasteiger partial charge is 0.462 e. The molecule has 0 aliphatic carbocycles. The van der Waals surface area contributed by atoms with E-state index in [0.29, 0.717) is 10.6 Å². The fourth-order valence-corrected chi connectivity index (χ4v) is 4.84. The molecule has 6 nitrogen and oxygen atoms in total. The lowest BCUT2D eigenvalue weighted by Crippen LogP contribution is -2.48. The van der Waals surface area contributed by atoms with Crippen molar-refractivity contribution in [3.63, 3.8) is 0 Å². The number of halogens is 1. The Balaban J connectivity index is 1.40. The van der Waals surface area contributed by atoms with Crippen LogP contribution in [0.1, 0.15) is 17.3 Å². The highest BCUT2D eigenvalue weighted by Gasteiger charge is 2.24. The van der Waals surface area contributed by atoms with Crippen molar-refractivity contribution in [3.05, 3.63) is 71.4 Å². The standard InChI is InChI=1S/C25H26FN3O3S/c1-2-32-25(31)23-21(18-6-4-3-5-7-18)17-33-24(23)27-22(30)16-28-12-14-29(15-13-28)20-10-8-19(26)9-11-20/h3-11,17H,2,12-16H2,1H3,(H,27,30). The van der Waals surface area contributed by atoms with Gasteiger partial charge in [-0.3, -0.25) is 9.69 Å². The number of anilines is 2. The molecule has 1 fully saturated rings. The molecule has 1 aromatic heterocycles. The van der Waals surface area contributed by atoms with Crippen LogP contribution >= 0.6 is 11.3 Å². The van der Waals surface area contributed by atoms with E-state index in [2.05, 4.69) is 15.1 Å². The van der Waals surface area contributed by atoms with Crippen LogP contribution in [-0.4, -0.2) is 56.1 Å². The van der Waals surface area contributed by atoms with Gasteiger partial charge in [0.15, 0.2) is 0 Å². The Hall–Kier alpha value is -3.23. The second-order valence-corrected chi connectivity index (χ2v) is 8.61. The predicted octanol–water partition coefficient (Wildman–Crippen LogP) is 4.49. The molecular formula is C25H26FN3O3S. The number of esters is 1. The zero-order valence-electron chi connectivity index (χ0n) is 18.4. The van der Waals surface area contributed by atoms with Crippen LogP contribution in [0.5, 0.6) is 0 Å². The van der Waals surface area contributed by atoms with E-state index in [9.17, 15) is 14.0 Å². The van der Waals surface area contributed by atoms with Crippen LogP contribution in [0.4, 0.5) is 15.1 Å². The van der Waals surface area contributed by atoms with Crippen LogP contribution in [0.15, 0.2) is 60.0 Å². The van der Waals surface area contributed by atoms with Gasteiger partial charge in [-0.05, 0) is 36.8 Å². The molecule has 8 heteroatoms. The van der Waals surface area contributed by atoms with Gasteiger partial charge in [0.05, 0.1) is 13.2 Å². The third kappa shape index (κ3) is 5.58. The van der Waals surface area contributed by atoms with Crippen molar-refractivity contribution in [2.75, 3.05) is 49.5 Å². The van der Waals surface area contributed by atoms with Gasteiger partial charge in [0, 0.05) is 42.8 Å². The second kappa shape index (κ2) is 10.6. The summed E-state index contributed by atoms with van der Waals surface area (Å²) in [6.45, 7) is 5.20. The van der Waals surface area contributed by atoms with Crippen LogP contribution in [0.3, 0.4) is 0 Å². The molecular weight excluding hydrogens is 441 g/mol. The third-order valence-corrected chi connectivity index (χ3v) is 6.44. The van der Waals surface area contributed by atoms with Crippen molar-refractivity contribution >= 4 is 33.9 Å². The Kier molecular flexibility index (Phi) is 7.36. The summed E-state index contributed by atoms with van der Waals surface area (Å²) in [7, 11) is 0. The Morgan fingerprint density at radius 3 is 2.39 bits per heavy atom. The highest BCUT2D eigenvalue weighted by molar-refractivity contribution is 7.15. The predicted molar refractivity (Wildman–Crippen MR) is 129 cm³/mol. The van der Waals surface area contributed by atoms with Crippen molar-refractivity contribution < 1.29 is 18.7 Å². The van der Waals surface area contributed by atoms with Gasteiger partial charge in [-0.15, -0.1) is 11.3 Å². The highest BCUT2D eigenvalue weighted by atomic mass is 32.1. The molecule has 0 bridgehead atoms. The molecule has 1 amide bonds. The first-order chi connectivity index (χ1) is 16.0. The smallest absolute Gasteiger partial charge is 0.341 e. The lowest BCUT2D eigenvalue weighted by atomic mass is 10.0. The van der Waals surface area contributed by atoms with E-state index in [1.165, 1.54) is 23.5 Å². The number of carbonyl (C=O) groups is 2. The number of hydrogen-bond donors (Lipinski definition) is 1. The summed E-state index contributed by atoms with van der Waals surface area (Å²) in [5, 5.41) is 5.29. The molecule has 0 radical (unpaired) electrons. The topological polar surface area (TPSA) is 61.9 Å². The normalized spacial score (nSPS) is 14.2. The zero-order chi connectivity index (χ0) is 23.2. The number of amides is 1. The second-order valence-electron chi connectivity index (χ2n) is 7.73. The summed E-state index contributed by atoms with van der Waals surface area (Å²) >= 11 is 1.32. The molecule has 1 saturated heterocycles. The summed E-state index contributed by atoms with van der Waals surface area (Å²) in [5.74, 6) is -0.863. The Bertz CT molecular complexity index is 1090. The zero-order valence-corrected chi connectivity index (χ0v) is 19.2. The van der Waals surface area contributed by atoms with Gasteiger partial charge in [0.1, 0.15) is 16.4 Å². The minimum Gasteiger partial charge on any atom is -0.462 e. The van der Waals surface area contributed by atoms with Gasteiger partial charge in [0.2, 0.25) is 5.91 Å². The lowest BCUT2D eigenvalue weighted by Gasteiger charge is -2.35. The fraction of sp³-hybridized carbons (Fsp3) is 0.280. The minimum atomic E-state index is -0.444. The third-order valence-electron chi connectivity index (χ3n) is 5.54. The highest BCUT2D eigenvalue weighted by Crippen LogP contribution is 2.36. The van der Waals surface area contributed by atoms with Gasteiger partial charge in [0.25, 0.3) is 0 Å². The number of rotatable bonds is 7. The molecule has 4 rings (SSSR count). The van der Waals surface area contributed by atoms with Crippen LogP contribution in [0.2, 0.25) is 0 Å². The molecule has 1 aliphatic rings. The van der Waals surface area contributed by atoms with Gasteiger partial charge in [-0.25, -0.2) is 9.18 Å². The molecule has 0 saturated carbocycles. The summed E-state index contributed by atoms with van der Waals surface area (Å²) in [5.41, 5.74) is 3.02. The molecule has 0 spiro atoms. The number of hydrogen-bond acceptors (Lipinski definition) is 6. The quantitative estimate of drug-likeness (QED) is 0.519. The van der Waals surface area contributed by atoms with Crippen LogP contribution in [0, 0.1) is 5.82 Å². The maximum absolute atomic E-state index is 13.2. The van der Waals surface area contributed by atoms with Gasteiger partial charge < -0.3 is 15.0 Å². The Morgan fingerprint density at radius 1 is 1.03 bits per heavy atom. The number of piperazine rings is 1. The molecule has 3 aromatic rings. The summed E-state index contributed by atoms with van der Waals surface area (Å²) in [4.78, 5) is 29.7. The maximum atomic E-state index is 13.2. The number of benzene rings is 2. The first-order valence-corrected chi connectivity index (χ1v) is 11.8. The lowest BCUT2D eigenvalue weighted by molar-refractivity contribution is -0.117. The van der Waals surface area contributed by atoms with Crippen molar-refractivity contribution in [2.24, 2.45) is 0 Å². The molecule has 0 atom stereocenters. The molecule has 1 aliphatic heterocycles. The van der Waals surface area contributed by atoms with E-state index in [0.717, 1.165) is 43.0 Å². The molecule has 33 heavy (non-hydrogen) atoms. The van der Waals surface area contributed by atoms with Crippen molar-refractivity contribution in [3.8, 4) is 11.1 Å². The average Bonchev–Trinajstić information content (AvgIpc) is 3.24. The summed E-state index contributed by atoms with van der Waals surface area (Å²) in [6.07, 6.45) is 0. The molecule has 2 aromatic carbocycles. The number of thiophene rings is 1. The van der Waals surface area contributed by atoms with Crippen LogP contribution in [-0.2, 0) is 9.53 Å². The molecule has 2 heterocycles. The first kappa shape index (κ1) is 22.9. The Morgan fingerprint density at radius 2 is 1.73 bits per heavy atom. The van der Waals surface area contributed by atoms with E-state index >= 15 is 0 Å². The number of nitrogens with zero attached hydrogens (tertiary/aromatic N) is 2. The molecule has 0 unspecified atom stereocenters. The monoisotopic (exact) mass is 467 g/mol. The van der Waals surface area contributed by atoms with Crippen molar-refractivity contribution in [2.45, 2.75) is 6.92 Å². The van der Waals surface area contributed by atoms with Crippen molar-refractivity contribution in [1.29, 1.82) is 0 Å². The average molecular weight is 468 g/mol. The number of nitrogens with one attached hydrogen (secondary N) is 1. The summed E-state index contributed by atoms with van der Waals surface area (Å²) in [6, 6.07) is 16.1. The van der Waals surface area contributed by atoms with E-state index in [4.69, 9.17) is 4.74 Å². The van der Waals surface area contributed by atoms with E-state index in [1.54, 1.807) is 19.1 Å². The van der Waals surface area contributed by atoms with Gasteiger partial charge in [-0.1, -0.05) is 30.3 Å². The van der Waals surface area contributed by atoms with E-state index in [-0.39, 0.29) is 24.9 Å². The van der Waals surface area contributed by atoms with E-state index in [1.807, 2.05) is 35.7 Å². The Labute approximate surface area is 196 Å².